The minimum Gasteiger partial charge on any atom is -0.317 e. The molecule has 1 fully saturated rings. The van der Waals surface area contributed by atoms with E-state index >= 15 is 0 Å². The maximum Gasteiger partial charge on any atom is 0.287 e. The third-order valence-corrected chi connectivity index (χ3v) is 4.49. The molecule has 1 aromatic rings. The SMILES string of the molecule is O=[N+]([O-])c1ccc([S@@](=O)CC2CCNCC2)nc1. The molecule has 1 atom stereocenters. The molecule has 0 saturated carbocycles. The fourth-order valence-electron chi connectivity index (χ4n) is 1.96. The molecule has 0 aromatic carbocycles. The Morgan fingerprint density at radius 3 is 2.72 bits per heavy atom. The second-order valence-corrected chi connectivity index (χ2v) is 5.76. The summed E-state index contributed by atoms with van der Waals surface area (Å²) in [5.74, 6) is 1.04. The zero-order valence-electron chi connectivity index (χ0n) is 9.87. The molecule has 98 valence electrons. The van der Waals surface area contributed by atoms with E-state index in [0.29, 0.717) is 16.7 Å². The molecule has 0 amide bonds. The summed E-state index contributed by atoms with van der Waals surface area (Å²) in [6.07, 6.45) is 3.22. The Labute approximate surface area is 107 Å². The first-order chi connectivity index (χ1) is 8.66. The zero-order chi connectivity index (χ0) is 13.0. The van der Waals surface area contributed by atoms with Crippen molar-refractivity contribution in [2.24, 2.45) is 5.92 Å². The van der Waals surface area contributed by atoms with E-state index < -0.39 is 15.7 Å². The van der Waals surface area contributed by atoms with Crippen LogP contribution < -0.4 is 5.32 Å². The fraction of sp³-hybridized carbons (Fsp3) is 0.545. The number of hydrogen-bond donors (Lipinski definition) is 1. The first kappa shape index (κ1) is 13.1. The number of nitrogens with zero attached hydrogens (tertiary/aromatic N) is 2. The molecule has 1 aliphatic heterocycles. The Bertz CT molecular complexity index is 443. The Morgan fingerprint density at radius 2 is 2.17 bits per heavy atom. The molecule has 0 spiro atoms. The van der Waals surface area contributed by atoms with Gasteiger partial charge in [-0.1, -0.05) is 0 Å². The van der Waals surface area contributed by atoms with Gasteiger partial charge in [0.05, 0.1) is 15.7 Å². The van der Waals surface area contributed by atoms with Crippen LogP contribution in [0, 0.1) is 16.0 Å². The Balaban J connectivity index is 1.97. The lowest BCUT2D eigenvalue weighted by Gasteiger charge is -2.21. The van der Waals surface area contributed by atoms with Crippen molar-refractivity contribution in [3.8, 4) is 0 Å². The maximum atomic E-state index is 12.1. The molecule has 6 nitrogen and oxygen atoms in total. The summed E-state index contributed by atoms with van der Waals surface area (Å²) in [6.45, 7) is 1.94. The van der Waals surface area contributed by atoms with Crippen LogP contribution in [0.15, 0.2) is 23.4 Å². The highest BCUT2D eigenvalue weighted by atomic mass is 32.2. The van der Waals surface area contributed by atoms with Gasteiger partial charge in [0.25, 0.3) is 5.69 Å². The summed E-state index contributed by atoms with van der Waals surface area (Å²) < 4.78 is 12.1. The molecule has 18 heavy (non-hydrogen) atoms. The number of piperidine rings is 1. The van der Waals surface area contributed by atoms with Gasteiger partial charge in [-0.15, -0.1) is 0 Å². The molecule has 0 aliphatic carbocycles. The van der Waals surface area contributed by atoms with Crippen LogP contribution in [0.4, 0.5) is 5.69 Å². The smallest absolute Gasteiger partial charge is 0.287 e. The van der Waals surface area contributed by atoms with Crippen LogP contribution in [0.25, 0.3) is 0 Å². The first-order valence-electron chi connectivity index (χ1n) is 5.86. The molecule has 0 bridgehead atoms. The van der Waals surface area contributed by atoms with Gasteiger partial charge >= 0.3 is 0 Å². The van der Waals surface area contributed by atoms with Gasteiger partial charge in [0.15, 0.2) is 0 Å². The Morgan fingerprint density at radius 1 is 1.44 bits per heavy atom. The van der Waals surface area contributed by atoms with Crippen molar-refractivity contribution in [2.45, 2.75) is 17.9 Å². The lowest BCUT2D eigenvalue weighted by Crippen LogP contribution is -2.30. The summed E-state index contributed by atoms with van der Waals surface area (Å²) >= 11 is 0. The highest BCUT2D eigenvalue weighted by Gasteiger charge is 2.18. The monoisotopic (exact) mass is 269 g/mol. The van der Waals surface area contributed by atoms with Gasteiger partial charge in [-0.25, -0.2) is 4.98 Å². The third-order valence-electron chi connectivity index (χ3n) is 3.01. The number of aromatic nitrogens is 1. The molecule has 0 radical (unpaired) electrons. The number of nitro groups is 1. The topological polar surface area (TPSA) is 85.1 Å². The van der Waals surface area contributed by atoms with Crippen molar-refractivity contribution < 1.29 is 9.13 Å². The van der Waals surface area contributed by atoms with Gasteiger partial charge in [-0.3, -0.25) is 14.3 Å². The van der Waals surface area contributed by atoms with E-state index in [2.05, 4.69) is 10.3 Å². The van der Waals surface area contributed by atoms with Gasteiger partial charge < -0.3 is 5.32 Å². The summed E-state index contributed by atoms with van der Waals surface area (Å²) in [5, 5.41) is 14.2. The van der Waals surface area contributed by atoms with Crippen LogP contribution in [-0.4, -0.2) is 33.0 Å². The normalized spacial score (nSPS) is 18.4. The highest BCUT2D eigenvalue weighted by Crippen LogP contribution is 2.17. The molecule has 1 aromatic heterocycles. The molecule has 1 N–H and O–H groups in total. The standard InChI is InChI=1S/C11H15N3O3S/c15-14(16)10-1-2-11(13-7-10)18(17)8-9-3-5-12-6-4-9/h1-2,7,9,12H,3-6,8H2/t18-/m0/s1. The fourth-order valence-corrected chi connectivity index (χ4v) is 3.29. The summed E-state index contributed by atoms with van der Waals surface area (Å²) in [7, 11) is -1.16. The van der Waals surface area contributed by atoms with Crippen molar-refractivity contribution >= 4 is 16.5 Å². The van der Waals surface area contributed by atoms with Crippen molar-refractivity contribution in [3.05, 3.63) is 28.4 Å². The average molecular weight is 269 g/mol. The van der Waals surface area contributed by atoms with E-state index in [9.17, 15) is 14.3 Å². The number of rotatable bonds is 4. The van der Waals surface area contributed by atoms with Crippen LogP contribution in [0.5, 0.6) is 0 Å². The van der Waals surface area contributed by atoms with Gasteiger partial charge in [-0.05, 0) is 37.9 Å². The molecule has 2 heterocycles. The molecular weight excluding hydrogens is 254 g/mol. The molecule has 0 unspecified atom stereocenters. The van der Waals surface area contributed by atoms with E-state index in [1.807, 2.05) is 0 Å². The second kappa shape index (κ2) is 6.01. The summed E-state index contributed by atoms with van der Waals surface area (Å²) in [4.78, 5) is 13.9. The predicted molar refractivity (Wildman–Crippen MR) is 67.8 cm³/mol. The minimum atomic E-state index is -1.16. The van der Waals surface area contributed by atoms with Crippen LogP contribution in [-0.2, 0) is 10.8 Å². The number of pyridine rings is 1. The summed E-state index contributed by atoms with van der Waals surface area (Å²) in [5.41, 5.74) is -0.0717. The van der Waals surface area contributed by atoms with Gasteiger partial charge in [0.2, 0.25) is 0 Å². The first-order valence-corrected chi connectivity index (χ1v) is 7.18. The van der Waals surface area contributed by atoms with E-state index in [4.69, 9.17) is 0 Å². The third kappa shape index (κ3) is 3.33. The Kier molecular flexibility index (Phi) is 4.38. The van der Waals surface area contributed by atoms with Crippen molar-refractivity contribution in [3.63, 3.8) is 0 Å². The van der Waals surface area contributed by atoms with Crippen LogP contribution in [0.2, 0.25) is 0 Å². The predicted octanol–water partition coefficient (Wildman–Crippen LogP) is 1.10. The van der Waals surface area contributed by atoms with Gasteiger partial charge in [-0.2, -0.15) is 0 Å². The highest BCUT2D eigenvalue weighted by molar-refractivity contribution is 7.84. The summed E-state index contributed by atoms with van der Waals surface area (Å²) in [6, 6.07) is 2.83. The van der Waals surface area contributed by atoms with E-state index in [1.165, 1.54) is 12.1 Å². The van der Waals surface area contributed by atoms with Crippen LogP contribution >= 0.6 is 0 Å². The van der Waals surface area contributed by atoms with E-state index in [-0.39, 0.29) is 5.69 Å². The molecule has 7 heteroatoms. The molecule has 2 rings (SSSR count). The van der Waals surface area contributed by atoms with Crippen LogP contribution in [0.3, 0.4) is 0 Å². The molecular formula is C11H15N3O3S. The lowest BCUT2D eigenvalue weighted by atomic mass is 10.0. The zero-order valence-corrected chi connectivity index (χ0v) is 10.7. The van der Waals surface area contributed by atoms with E-state index in [1.54, 1.807) is 0 Å². The number of hydrogen-bond acceptors (Lipinski definition) is 5. The maximum absolute atomic E-state index is 12.1. The van der Waals surface area contributed by atoms with Gasteiger partial charge in [0, 0.05) is 11.8 Å². The van der Waals surface area contributed by atoms with Crippen LogP contribution in [0.1, 0.15) is 12.8 Å². The second-order valence-electron chi connectivity index (χ2n) is 4.32. The lowest BCUT2D eigenvalue weighted by molar-refractivity contribution is -0.385. The van der Waals surface area contributed by atoms with Crippen molar-refractivity contribution in [2.75, 3.05) is 18.8 Å². The largest absolute Gasteiger partial charge is 0.317 e. The molecule has 1 saturated heterocycles. The number of nitrogens with one attached hydrogen (secondary N) is 1. The minimum absolute atomic E-state index is 0.0717. The van der Waals surface area contributed by atoms with Crippen molar-refractivity contribution in [1.82, 2.24) is 10.3 Å². The average Bonchev–Trinajstić information content (AvgIpc) is 2.40. The van der Waals surface area contributed by atoms with Crippen molar-refractivity contribution in [1.29, 1.82) is 0 Å². The quantitative estimate of drug-likeness (QED) is 0.653. The molecule has 1 aliphatic rings. The van der Waals surface area contributed by atoms with Gasteiger partial charge in [0.1, 0.15) is 11.2 Å². The van der Waals surface area contributed by atoms with E-state index in [0.717, 1.165) is 32.1 Å². The Hall–Kier alpha value is -1.34.